The third-order valence-corrected chi connectivity index (χ3v) is 5.02. The zero-order chi connectivity index (χ0) is 14.5. The van der Waals surface area contributed by atoms with Crippen molar-refractivity contribution in [3.8, 4) is 0 Å². The summed E-state index contributed by atoms with van der Waals surface area (Å²) < 4.78 is 27.2. The van der Waals surface area contributed by atoms with Gasteiger partial charge in [-0.05, 0) is 18.8 Å². The van der Waals surface area contributed by atoms with Crippen LogP contribution in [0.5, 0.6) is 0 Å². The summed E-state index contributed by atoms with van der Waals surface area (Å²) >= 11 is 0. The van der Waals surface area contributed by atoms with Crippen molar-refractivity contribution in [2.75, 3.05) is 31.7 Å². The summed E-state index contributed by atoms with van der Waals surface area (Å²) in [5, 5.41) is 0. The van der Waals surface area contributed by atoms with Crippen molar-refractivity contribution < 1.29 is 22.7 Å². The molecule has 1 heterocycles. The Balaban J connectivity index is 2.55. The maximum absolute atomic E-state index is 12.1. The minimum absolute atomic E-state index is 0.0668. The Morgan fingerprint density at radius 2 is 2.05 bits per heavy atom. The van der Waals surface area contributed by atoms with Gasteiger partial charge >= 0.3 is 5.97 Å². The van der Waals surface area contributed by atoms with Crippen LogP contribution < -0.4 is 0 Å². The average Bonchev–Trinajstić information content (AvgIpc) is 2.67. The van der Waals surface area contributed by atoms with Crippen LogP contribution in [-0.2, 0) is 24.2 Å². The largest absolute Gasteiger partial charge is 0.468 e. The molecule has 1 saturated heterocycles. The topological polar surface area (TPSA) is 80.8 Å². The van der Waals surface area contributed by atoms with Crippen molar-refractivity contribution in [3.05, 3.63) is 0 Å². The van der Waals surface area contributed by atoms with E-state index < -0.39 is 15.8 Å². The molecule has 19 heavy (non-hydrogen) atoms. The van der Waals surface area contributed by atoms with Crippen LogP contribution in [0.25, 0.3) is 0 Å². The number of amides is 1. The molecule has 1 amide bonds. The average molecular weight is 291 g/mol. The summed E-state index contributed by atoms with van der Waals surface area (Å²) in [6, 6.07) is 0. The van der Waals surface area contributed by atoms with E-state index in [9.17, 15) is 18.0 Å². The van der Waals surface area contributed by atoms with Gasteiger partial charge in [-0.1, -0.05) is 6.92 Å². The molecular weight excluding hydrogens is 270 g/mol. The van der Waals surface area contributed by atoms with Gasteiger partial charge in [0.1, 0.15) is 6.54 Å². The maximum atomic E-state index is 12.1. The number of sulfone groups is 1. The highest BCUT2D eigenvalue weighted by Crippen LogP contribution is 2.22. The van der Waals surface area contributed by atoms with E-state index in [1.807, 2.05) is 6.92 Å². The normalized spacial score (nSPS) is 21.1. The van der Waals surface area contributed by atoms with Gasteiger partial charge in [-0.15, -0.1) is 0 Å². The molecule has 0 aromatic heterocycles. The van der Waals surface area contributed by atoms with Crippen LogP contribution in [0.15, 0.2) is 0 Å². The van der Waals surface area contributed by atoms with Gasteiger partial charge in [-0.3, -0.25) is 9.59 Å². The fourth-order valence-electron chi connectivity index (χ4n) is 2.19. The van der Waals surface area contributed by atoms with Gasteiger partial charge in [0.2, 0.25) is 5.91 Å². The summed E-state index contributed by atoms with van der Waals surface area (Å²) in [4.78, 5) is 24.7. The first kappa shape index (κ1) is 15.9. The molecule has 0 bridgehead atoms. The second-order valence-electron chi connectivity index (χ2n) is 4.86. The molecule has 6 nitrogen and oxygen atoms in total. The van der Waals surface area contributed by atoms with E-state index in [-0.39, 0.29) is 36.3 Å². The predicted octanol–water partition coefficient (Wildman–Crippen LogP) is 0.223. The molecule has 110 valence electrons. The molecule has 0 saturated carbocycles. The van der Waals surface area contributed by atoms with Crippen LogP contribution in [0.1, 0.15) is 26.2 Å². The van der Waals surface area contributed by atoms with Crippen molar-refractivity contribution in [3.63, 3.8) is 0 Å². The van der Waals surface area contributed by atoms with E-state index in [4.69, 9.17) is 0 Å². The van der Waals surface area contributed by atoms with Crippen LogP contribution in [-0.4, -0.2) is 56.9 Å². The van der Waals surface area contributed by atoms with Crippen LogP contribution in [0, 0.1) is 5.92 Å². The predicted molar refractivity (Wildman–Crippen MR) is 70.3 cm³/mol. The Labute approximate surface area is 114 Å². The summed E-state index contributed by atoms with van der Waals surface area (Å²) in [5.41, 5.74) is 0. The van der Waals surface area contributed by atoms with Crippen LogP contribution >= 0.6 is 0 Å². The maximum Gasteiger partial charge on any atom is 0.325 e. The first-order valence-electron chi connectivity index (χ1n) is 6.43. The van der Waals surface area contributed by atoms with Gasteiger partial charge in [-0.2, -0.15) is 0 Å². The fraction of sp³-hybridized carbons (Fsp3) is 0.833. The highest BCUT2D eigenvalue weighted by Gasteiger charge is 2.30. The van der Waals surface area contributed by atoms with Gasteiger partial charge < -0.3 is 9.64 Å². The first-order chi connectivity index (χ1) is 8.88. The molecule has 0 radical (unpaired) electrons. The summed E-state index contributed by atoms with van der Waals surface area (Å²) in [5.74, 6) is -0.503. The molecule has 1 atom stereocenters. The monoisotopic (exact) mass is 291 g/mol. The molecule has 0 aliphatic carbocycles. The van der Waals surface area contributed by atoms with Crippen molar-refractivity contribution in [1.29, 1.82) is 0 Å². The van der Waals surface area contributed by atoms with Crippen molar-refractivity contribution in [1.82, 2.24) is 4.90 Å². The second-order valence-corrected chi connectivity index (χ2v) is 7.09. The number of ether oxygens (including phenoxy) is 1. The molecule has 1 unspecified atom stereocenters. The summed E-state index contributed by atoms with van der Waals surface area (Å²) in [6.07, 6.45) is 1.47. The molecule has 0 spiro atoms. The number of carbonyl (C=O) groups excluding carboxylic acids is 2. The first-order valence-corrected chi connectivity index (χ1v) is 8.25. The smallest absolute Gasteiger partial charge is 0.325 e. The van der Waals surface area contributed by atoms with Gasteiger partial charge in [0, 0.05) is 13.0 Å². The molecule has 0 N–H and O–H groups in total. The van der Waals surface area contributed by atoms with Gasteiger partial charge in [0.05, 0.1) is 18.6 Å². The Hall–Kier alpha value is -1.11. The van der Waals surface area contributed by atoms with Crippen molar-refractivity contribution >= 4 is 21.7 Å². The highest BCUT2D eigenvalue weighted by atomic mass is 32.2. The van der Waals surface area contributed by atoms with E-state index in [0.29, 0.717) is 13.0 Å². The van der Waals surface area contributed by atoms with E-state index in [2.05, 4.69) is 4.74 Å². The number of hydrogen-bond acceptors (Lipinski definition) is 5. The van der Waals surface area contributed by atoms with Crippen molar-refractivity contribution in [2.45, 2.75) is 26.2 Å². The zero-order valence-corrected chi connectivity index (χ0v) is 12.2. The molecule has 7 heteroatoms. The van der Waals surface area contributed by atoms with E-state index in [1.165, 1.54) is 12.0 Å². The third-order valence-electron chi connectivity index (χ3n) is 3.18. The van der Waals surface area contributed by atoms with E-state index in [0.717, 1.165) is 6.42 Å². The molecule has 1 fully saturated rings. The number of nitrogens with zero attached hydrogens (tertiary/aromatic N) is 1. The number of esters is 1. The number of hydrogen-bond donors (Lipinski definition) is 0. The van der Waals surface area contributed by atoms with Crippen LogP contribution in [0.4, 0.5) is 0 Å². The Bertz CT molecular complexity index is 431. The number of methoxy groups -OCH3 is 1. The van der Waals surface area contributed by atoms with Crippen LogP contribution in [0.3, 0.4) is 0 Å². The molecule has 1 rings (SSSR count). The lowest BCUT2D eigenvalue weighted by molar-refractivity contribution is -0.147. The van der Waals surface area contributed by atoms with Gasteiger partial charge in [-0.25, -0.2) is 8.42 Å². The standard InChI is InChI=1S/C12H21NO5S/c1-3-5-13(8-12(15)18-2)11(14)7-10-4-6-19(16,17)9-10/h10H,3-9H2,1-2H3. The van der Waals surface area contributed by atoms with Gasteiger partial charge in [0.25, 0.3) is 0 Å². The van der Waals surface area contributed by atoms with E-state index >= 15 is 0 Å². The highest BCUT2D eigenvalue weighted by molar-refractivity contribution is 7.91. The lowest BCUT2D eigenvalue weighted by Crippen LogP contribution is -2.37. The zero-order valence-electron chi connectivity index (χ0n) is 11.4. The van der Waals surface area contributed by atoms with E-state index in [1.54, 1.807) is 0 Å². The second kappa shape index (κ2) is 6.88. The fourth-order valence-corrected chi connectivity index (χ4v) is 4.05. The summed E-state index contributed by atoms with van der Waals surface area (Å²) in [6.45, 7) is 2.33. The number of carbonyl (C=O) groups is 2. The Morgan fingerprint density at radius 1 is 1.37 bits per heavy atom. The third kappa shape index (κ3) is 5.18. The minimum Gasteiger partial charge on any atom is -0.468 e. The van der Waals surface area contributed by atoms with Crippen LogP contribution in [0.2, 0.25) is 0 Å². The summed E-state index contributed by atoms with van der Waals surface area (Å²) in [7, 11) is -1.69. The molecular formula is C12H21NO5S. The SMILES string of the molecule is CCCN(CC(=O)OC)C(=O)CC1CCS(=O)(=O)C1. The minimum atomic E-state index is -2.97. The molecule has 0 aromatic carbocycles. The lowest BCUT2D eigenvalue weighted by atomic mass is 10.0. The number of rotatable bonds is 6. The lowest BCUT2D eigenvalue weighted by Gasteiger charge is -2.22. The Morgan fingerprint density at radius 3 is 2.53 bits per heavy atom. The molecule has 1 aliphatic rings. The molecule has 1 aliphatic heterocycles. The Kier molecular flexibility index (Phi) is 5.78. The van der Waals surface area contributed by atoms with Crippen molar-refractivity contribution in [2.24, 2.45) is 5.92 Å². The van der Waals surface area contributed by atoms with Gasteiger partial charge in [0.15, 0.2) is 9.84 Å². The quantitative estimate of drug-likeness (QED) is 0.654. The molecule has 0 aromatic rings.